The van der Waals surface area contributed by atoms with E-state index in [-0.39, 0.29) is 0 Å². The highest BCUT2D eigenvalue weighted by molar-refractivity contribution is 5.77. The highest BCUT2D eigenvalue weighted by atomic mass is 16.5. The minimum atomic E-state index is 0.463. The summed E-state index contributed by atoms with van der Waals surface area (Å²) in [5.41, 5.74) is 3.44. The maximum absolute atomic E-state index is 5.94. The van der Waals surface area contributed by atoms with Crippen LogP contribution in [0.25, 0.3) is 11.2 Å². The van der Waals surface area contributed by atoms with Gasteiger partial charge in [-0.05, 0) is 31.0 Å². The molecule has 6 heteroatoms. The largest absolute Gasteiger partial charge is 0.437 e. The summed E-state index contributed by atoms with van der Waals surface area (Å²) in [6.07, 6.45) is 1.58. The zero-order valence-electron chi connectivity index (χ0n) is 11.6. The zero-order valence-corrected chi connectivity index (χ0v) is 11.6. The predicted molar refractivity (Wildman–Crippen MR) is 77.2 cm³/mol. The number of anilines is 1. The summed E-state index contributed by atoms with van der Waals surface area (Å²) in [5, 5.41) is 2.90. The van der Waals surface area contributed by atoms with Gasteiger partial charge in [-0.25, -0.2) is 4.98 Å². The minimum absolute atomic E-state index is 0.463. The van der Waals surface area contributed by atoms with Crippen LogP contribution >= 0.6 is 0 Å². The number of aryl methyl sites for hydroxylation is 2. The standard InChI is InChI=1S/C14H15N5O/c1-8-4-5-9(2)10(6-8)20-13-11-12(17-7-16-11)18-14(15-3)19-13/h4-7H,1-3H3,(H2,15,16,17,18,19). The van der Waals surface area contributed by atoms with Crippen LogP contribution < -0.4 is 10.1 Å². The van der Waals surface area contributed by atoms with Crippen molar-refractivity contribution in [1.82, 2.24) is 19.9 Å². The summed E-state index contributed by atoms with van der Waals surface area (Å²) < 4.78 is 5.94. The van der Waals surface area contributed by atoms with Gasteiger partial charge in [0, 0.05) is 7.05 Å². The molecule has 0 saturated carbocycles. The lowest BCUT2D eigenvalue weighted by Gasteiger charge is -2.10. The van der Waals surface area contributed by atoms with Crippen LogP contribution in [0.15, 0.2) is 24.5 Å². The molecular formula is C14H15N5O. The molecule has 1 aromatic carbocycles. The third-order valence-corrected chi connectivity index (χ3v) is 3.03. The van der Waals surface area contributed by atoms with Crippen molar-refractivity contribution in [3.63, 3.8) is 0 Å². The van der Waals surface area contributed by atoms with Crippen molar-refractivity contribution < 1.29 is 4.74 Å². The second kappa shape index (κ2) is 4.80. The van der Waals surface area contributed by atoms with Crippen molar-refractivity contribution in [2.24, 2.45) is 0 Å². The quantitative estimate of drug-likeness (QED) is 0.764. The molecule has 2 heterocycles. The van der Waals surface area contributed by atoms with Gasteiger partial charge in [-0.15, -0.1) is 0 Å². The molecule has 102 valence electrons. The lowest BCUT2D eigenvalue weighted by atomic mass is 10.1. The van der Waals surface area contributed by atoms with Crippen molar-refractivity contribution in [1.29, 1.82) is 0 Å². The van der Waals surface area contributed by atoms with Crippen molar-refractivity contribution in [2.75, 3.05) is 12.4 Å². The van der Waals surface area contributed by atoms with Crippen LogP contribution in [0.1, 0.15) is 11.1 Å². The molecular weight excluding hydrogens is 254 g/mol. The first kappa shape index (κ1) is 12.4. The van der Waals surface area contributed by atoms with Gasteiger partial charge in [-0.2, -0.15) is 9.97 Å². The Balaban J connectivity index is 2.09. The smallest absolute Gasteiger partial charge is 0.250 e. The Morgan fingerprint density at radius 1 is 1.20 bits per heavy atom. The van der Waals surface area contributed by atoms with Crippen LogP contribution in [0.2, 0.25) is 0 Å². The Hall–Kier alpha value is -2.63. The molecule has 0 aliphatic heterocycles. The molecule has 3 aromatic rings. The van der Waals surface area contributed by atoms with Crippen LogP contribution in [-0.2, 0) is 0 Å². The summed E-state index contributed by atoms with van der Waals surface area (Å²) in [7, 11) is 1.76. The van der Waals surface area contributed by atoms with Crippen molar-refractivity contribution in [3.8, 4) is 11.6 Å². The first-order valence-corrected chi connectivity index (χ1v) is 6.31. The number of nitrogens with one attached hydrogen (secondary N) is 2. The zero-order chi connectivity index (χ0) is 14.1. The third-order valence-electron chi connectivity index (χ3n) is 3.03. The van der Waals surface area contributed by atoms with Gasteiger partial charge in [-0.3, -0.25) is 0 Å². The van der Waals surface area contributed by atoms with Gasteiger partial charge in [-0.1, -0.05) is 12.1 Å². The molecule has 0 spiro atoms. The molecule has 0 bridgehead atoms. The molecule has 6 nitrogen and oxygen atoms in total. The first-order chi connectivity index (χ1) is 9.67. The van der Waals surface area contributed by atoms with Crippen LogP contribution in [0.5, 0.6) is 11.6 Å². The van der Waals surface area contributed by atoms with Gasteiger partial charge in [0.05, 0.1) is 6.33 Å². The van der Waals surface area contributed by atoms with Crippen LogP contribution in [0.3, 0.4) is 0 Å². The molecule has 0 fully saturated rings. The molecule has 0 unspecified atom stereocenters. The Morgan fingerprint density at radius 3 is 2.85 bits per heavy atom. The Labute approximate surface area is 116 Å². The number of hydrogen-bond donors (Lipinski definition) is 2. The predicted octanol–water partition coefficient (Wildman–Crippen LogP) is 2.80. The fourth-order valence-corrected chi connectivity index (χ4v) is 1.91. The van der Waals surface area contributed by atoms with Gasteiger partial charge in [0.15, 0.2) is 5.65 Å². The Kier molecular flexibility index (Phi) is 2.98. The second-order valence-electron chi connectivity index (χ2n) is 4.57. The molecule has 2 N–H and O–H groups in total. The number of aromatic amines is 1. The highest BCUT2D eigenvalue weighted by Crippen LogP contribution is 2.29. The molecule has 0 aliphatic carbocycles. The molecule has 0 radical (unpaired) electrons. The summed E-state index contributed by atoms with van der Waals surface area (Å²) in [5.74, 6) is 1.72. The average Bonchev–Trinajstić information content (AvgIpc) is 2.91. The molecule has 0 aliphatic rings. The number of benzene rings is 1. The number of aromatic nitrogens is 4. The van der Waals surface area contributed by atoms with Gasteiger partial charge >= 0.3 is 0 Å². The van der Waals surface area contributed by atoms with Gasteiger partial charge in [0.1, 0.15) is 11.3 Å². The lowest BCUT2D eigenvalue weighted by Crippen LogP contribution is -2.00. The van der Waals surface area contributed by atoms with E-state index >= 15 is 0 Å². The van der Waals surface area contributed by atoms with Gasteiger partial charge in [0.2, 0.25) is 5.95 Å². The van der Waals surface area contributed by atoms with E-state index in [0.717, 1.165) is 16.9 Å². The highest BCUT2D eigenvalue weighted by Gasteiger charge is 2.12. The molecule has 0 atom stereocenters. The number of H-pyrrole nitrogens is 1. The summed E-state index contributed by atoms with van der Waals surface area (Å²) >= 11 is 0. The van der Waals surface area contributed by atoms with Crippen LogP contribution in [-0.4, -0.2) is 27.0 Å². The fourth-order valence-electron chi connectivity index (χ4n) is 1.91. The summed E-state index contributed by atoms with van der Waals surface area (Å²) in [4.78, 5) is 15.7. The van der Waals surface area contributed by atoms with E-state index in [1.54, 1.807) is 13.4 Å². The first-order valence-electron chi connectivity index (χ1n) is 6.31. The normalized spacial score (nSPS) is 10.8. The SMILES string of the molecule is CNc1nc(Oc2cc(C)ccc2C)c2[nH]cnc2n1. The van der Waals surface area contributed by atoms with E-state index in [2.05, 4.69) is 25.3 Å². The molecule has 2 aromatic heterocycles. The third kappa shape index (κ3) is 2.16. The topological polar surface area (TPSA) is 75.7 Å². The van der Waals surface area contributed by atoms with Crippen molar-refractivity contribution in [3.05, 3.63) is 35.7 Å². The number of ether oxygens (including phenoxy) is 1. The fraction of sp³-hybridized carbons (Fsp3) is 0.214. The van der Waals surface area contributed by atoms with Crippen LogP contribution in [0.4, 0.5) is 5.95 Å². The van der Waals surface area contributed by atoms with Crippen LogP contribution in [0, 0.1) is 13.8 Å². The summed E-state index contributed by atoms with van der Waals surface area (Å²) in [6.45, 7) is 4.02. The van der Waals surface area contributed by atoms with Gasteiger partial charge in [0.25, 0.3) is 5.88 Å². The number of hydrogen-bond acceptors (Lipinski definition) is 5. The Bertz CT molecular complexity index is 765. The Morgan fingerprint density at radius 2 is 2.05 bits per heavy atom. The molecule has 0 saturated heterocycles. The van der Waals surface area contributed by atoms with E-state index < -0.39 is 0 Å². The van der Waals surface area contributed by atoms with Crippen molar-refractivity contribution >= 4 is 17.1 Å². The monoisotopic (exact) mass is 269 g/mol. The number of rotatable bonds is 3. The van der Waals surface area contributed by atoms with Gasteiger partial charge < -0.3 is 15.0 Å². The van der Waals surface area contributed by atoms with Crippen molar-refractivity contribution in [2.45, 2.75) is 13.8 Å². The van der Waals surface area contributed by atoms with E-state index in [9.17, 15) is 0 Å². The maximum Gasteiger partial charge on any atom is 0.250 e. The minimum Gasteiger partial charge on any atom is -0.437 e. The lowest BCUT2D eigenvalue weighted by molar-refractivity contribution is 0.464. The second-order valence-corrected chi connectivity index (χ2v) is 4.57. The number of nitrogens with zero attached hydrogens (tertiary/aromatic N) is 3. The van der Waals surface area contributed by atoms with E-state index in [1.807, 2.05) is 32.0 Å². The molecule has 3 rings (SSSR count). The number of imidazole rings is 1. The average molecular weight is 269 g/mol. The molecule has 0 amide bonds. The van der Waals surface area contributed by atoms with E-state index in [1.165, 1.54) is 0 Å². The number of fused-ring (bicyclic) bond motifs is 1. The van der Waals surface area contributed by atoms with E-state index in [4.69, 9.17) is 4.74 Å². The maximum atomic E-state index is 5.94. The summed E-state index contributed by atoms with van der Waals surface area (Å²) in [6, 6.07) is 6.06. The molecule has 20 heavy (non-hydrogen) atoms. The van der Waals surface area contributed by atoms with E-state index in [0.29, 0.717) is 23.0 Å².